The van der Waals surface area contributed by atoms with Crippen LogP contribution in [0.5, 0.6) is 0 Å². The Kier molecular flexibility index (Phi) is 7.35. The molecule has 1 aliphatic heterocycles. The first kappa shape index (κ1) is 22.3. The predicted octanol–water partition coefficient (Wildman–Crippen LogP) is 2.08. The number of fused-ring (bicyclic) bond motifs is 1. The molecule has 0 aliphatic carbocycles. The maximum Gasteiger partial charge on any atom is 0.284 e. The summed E-state index contributed by atoms with van der Waals surface area (Å²) in [7, 11) is 0. The van der Waals surface area contributed by atoms with E-state index in [4.69, 9.17) is 0 Å². The van der Waals surface area contributed by atoms with Crippen LogP contribution in [0.25, 0.3) is 16.8 Å². The summed E-state index contributed by atoms with van der Waals surface area (Å²) in [6.45, 7) is 10.2. The van der Waals surface area contributed by atoms with Crippen molar-refractivity contribution in [1.82, 2.24) is 0 Å². The lowest BCUT2D eigenvalue weighted by Crippen LogP contribution is -3.30. The Bertz CT molecular complexity index is 1050. The molecule has 3 aromatic rings. The van der Waals surface area contributed by atoms with Crippen molar-refractivity contribution in [3.8, 4) is 0 Å². The lowest BCUT2D eigenvalue weighted by atomic mass is 10.1. The van der Waals surface area contributed by atoms with Gasteiger partial charge in [-0.1, -0.05) is 72.8 Å². The summed E-state index contributed by atoms with van der Waals surface area (Å²) in [6.07, 6.45) is 4.49. The van der Waals surface area contributed by atoms with E-state index >= 15 is 0 Å². The van der Waals surface area contributed by atoms with Crippen LogP contribution in [0.3, 0.4) is 0 Å². The fraction of sp³-hybridized carbons (Fsp3) is 0.321. The molecule has 1 fully saturated rings. The Morgan fingerprint density at radius 3 is 2.38 bits per heavy atom. The molecule has 0 aromatic heterocycles. The second kappa shape index (κ2) is 10.6. The average molecular weight is 430 g/mol. The third-order valence-electron chi connectivity index (χ3n) is 6.74. The van der Waals surface area contributed by atoms with Crippen molar-refractivity contribution in [3.63, 3.8) is 0 Å². The maximum absolute atomic E-state index is 13.5. The van der Waals surface area contributed by atoms with Crippen LogP contribution in [0.1, 0.15) is 19.4 Å². The minimum atomic E-state index is -0.0321. The number of benzene rings is 3. The highest BCUT2D eigenvalue weighted by molar-refractivity contribution is 6.04. The van der Waals surface area contributed by atoms with E-state index in [1.807, 2.05) is 23.1 Å². The van der Waals surface area contributed by atoms with Crippen LogP contribution in [0.15, 0.2) is 78.9 Å². The van der Waals surface area contributed by atoms with Gasteiger partial charge in [0.05, 0.1) is 12.2 Å². The summed E-state index contributed by atoms with van der Waals surface area (Å²) < 4.78 is 0. The third-order valence-corrected chi connectivity index (χ3v) is 6.74. The number of anilines is 1. The van der Waals surface area contributed by atoms with Crippen LogP contribution < -0.4 is 14.7 Å². The molecule has 1 heterocycles. The van der Waals surface area contributed by atoms with E-state index in [1.165, 1.54) is 15.8 Å². The molecule has 1 atom stereocenters. The van der Waals surface area contributed by atoms with Gasteiger partial charge in [-0.2, -0.15) is 0 Å². The highest BCUT2D eigenvalue weighted by Crippen LogP contribution is 2.26. The molecule has 32 heavy (non-hydrogen) atoms. The Hall–Kier alpha value is -2.95. The van der Waals surface area contributed by atoms with E-state index in [9.17, 15) is 4.79 Å². The lowest BCUT2D eigenvalue weighted by Gasteiger charge is -2.34. The smallest absolute Gasteiger partial charge is 0.284 e. The highest BCUT2D eigenvalue weighted by atomic mass is 16.2. The second-order valence-corrected chi connectivity index (χ2v) is 8.73. The minimum absolute atomic E-state index is 0.0321. The molecule has 166 valence electrons. The molecule has 1 aliphatic rings. The van der Waals surface area contributed by atoms with E-state index in [0.717, 1.165) is 43.8 Å². The van der Waals surface area contributed by atoms with E-state index in [0.29, 0.717) is 6.54 Å². The summed E-state index contributed by atoms with van der Waals surface area (Å²) >= 11 is 0. The maximum atomic E-state index is 13.5. The van der Waals surface area contributed by atoms with Gasteiger partial charge in [-0.25, -0.2) is 0 Å². The van der Waals surface area contributed by atoms with Crippen LogP contribution in [0.2, 0.25) is 0 Å². The molecule has 0 bridgehead atoms. The van der Waals surface area contributed by atoms with Crippen LogP contribution in [-0.2, 0) is 4.79 Å². The van der Waals surface area contributed by atoms with Crippen molar-refractivity contribution in [3.05, 3.63) is 84.4 Å². The van der Waals surface area contributed by atoms with E-state index in [1.54, 1.807) is 4.90 Å². The van der Waals surface area contributed by atoms with Gasteiger partial charge in [0.1, 0.15) is 26.2 Å². The zero-order chi connectivity index (χ0) is 22.3. The van der Waals surface area contributed by atoms with Gasteiger partial charge >= 0.3 is 0 Å². The van der Waals surface area contributed by atoms with Crippen LogP contribution in [-0.4, -0.2) is 51.2 Å². The molecule has 1 amide bonds. The fourth-order valence-corrected chi connectivity index (χ4v) is 4.78. The number of hydrogen-bond acceptors (Lipinski definition) is 1. The van der Waals surface area contributed by atoms with Gasteiger partial charge in [-0.05, 0) is 36.9 Å². The number of likely N-dealkylation sites (N-methyl/N-ethyl adjacent to an activating group) is 1. The number of piperazine rings is 1. The molecule has 2 N–H and O–H groups in total. The molecular formula is C28H35N3O+2. The van der Waals surface area contributed by atoms with Crippen LogP contribution in [0.4, 0.5) is 5.69 Å². The molecule has 0 radical (unpaired) electrons. The monoisotopic (exact) mass is 429 g/mol. The van der Waals surface area contributed by atoms with Gasteiger partial charge < -0.3 is 14.7 Å². The summed E-state index contributed by atoms with van der Waals surface area (Å²) in [6, 6.07) is 25.0. The number of rotatable bonds is 7. The first-order chi connectivity index (χ1) is 15.7. The number of amides is 1. The third kappa shape index (κ3) is 5.09. The lowest BCUT2D eigenvalue weighted by molar-refractivity contribution is -1.02. The van der Waals surface area contributed by atoms with Gasteiger partial charge in [0, 0.05) is 11.9 Å². The quantitative estimate of drug-likeness (QED) is 0.592. The van der Waals surface area contributed by atoms with Crippen molar-refractivity contribution in [2.75, 3.05) is 44.2 Å². The van der Waals surface area contributed by atoms with Crippen LogP contribution >= 0.6 is 0 Å². The topological polar surface area (TPSA) is 29.2 Å². The Balaban J connectivity index is 1.36. The summed E-state index contributed by atoms with van der Waals surface area (Å²) in [5.41, 5.74) is 2.28. The Morgan fingerprint density at radius 1 is 0.938 bits per heavy atom. The summed E-state index contributed by atoms with van der Waals surface area (Å²) in [5.74, 6) is 0.228. The van der Waals surface area contributed by atoms with E-state index in [2.05, 4.69) is 80.6 Å². The standard InChI is InChI=1S/C28H33N3O/c1-3-31(27-17-9-15-25-14-7-8-16-26(25)27)28(32)23(2)30-21-19-29(20-22-30)18-10-13-24-11-5-4-6-12-24/h4-17,23H,3,18-22H2,1-2H3/p+2/b13-10+/t23-/m1/s1. The number of carbonyl (C=O) groups is 1. The SMILES string of the molecule is CCN(C(=O)[C@@H](C)[NH+]1CC[NH+](C/C=C/c2ccccc2)CC1)c1cccc2ccccc12. The van der Waals surface area contributed by atoms with Crippen molar-refractivity contribution < 1.29 is 14.6 Å². The van der Waals surface area contributed by atoms with E-state index in [-0.39, 0.29) is 11.9 Å². The predicted molar refractivity (Wildman–Crippen MR) is 133 cm³/mol. The molecule has 4 nitrogen and oxygen atoms in total. The van der Waals surface area contributed by atoms with Gasteiger partial charge in [0.2, 0.25) is 0 Å². The van der Waals surface area contributed by atoms with Gasteiger partial charge in [0.25, 0.3) is 5.91 Å². The number of nitrogens with zero attached hydrogens (tertiary/aromatic N) is 1. The normalized spacial score (nSPS) is 19.8. The average Bonchev–Trinajstić information content (AvgIpc) is 2.85. The van der Waals surface area contributed by atoms with E-state index < -0.39 is 0 Å². The first-order valence-electron chi connectivity index (χ1n) is 11.9. The van der Waals surface area contributed by atoms with Gasteiger partial charge in [-0.3, -0.25) is 4.79 Å². The molecule has 4 heteroatoms. The number of hydrogen-bond donors (Lipinski definition) is 2. The van der Waals surface area contributed by atoms with Crippen LogP contribution in [0, 0.1) is 0 Å². The zero-order valence-electron chi connectivity index (χ0n) is 19.3. The largest absolute Gasteiger partial charge is 0.322 e. The molecule has 3 aromatic carbocycles. The zero-order valence-corrected chi connectivity index (χ0v) is 19.3. The molecular weight excluding hydrogens is 394 g/mol. The summed E-state index contributed by atoms with van der Waals surface area (Å²) in [5, 5.41) is 2.32. The van der Waals surface area contributed by atoms with Gasteiger partial charge in [0.15, 0.2) is 6.04 Å². The highest BCUT2D eigenvalue weighted by Gasteiger charge is 2.33. The number of nitrogens with one attached hydrogen (secondary N) is 2. The minimum Gasteiger partial charge on any atom is -0.322 e. The van der Waals surface area contributed by atoms with Crippen molar-refractivity contribution >= 4 is 28.4 Å². The number of carbonyl (C=O) groups excluding carboxylic acids is 1. The van der Waals surface area contributed by atoms with Crippen molar-refractivity contribution in [2.45, 2.75) is 19.9 Å². The molecule has 1 saturated heterocycles. The first-order valence-corrected chi connectivity index (χ1v) is 11.9. The van der Waals surface area contributed by atoms with Crippen molar-refractivity contribution in [1.29, 1.82) is 0 Å². The molecule has 0 spiro atoms. The fourth-order valence-electron chi connectivity index (χ4n) is 4.78. The molecule has 4 rings (SSSR count). The number of quaternary nitrogens is 2. The summed E-state index contributed by atoms with van der Waals surface area (Å²) in [4.78, 5) is 18.5. The molecule has 0 saturated carbocycles. The Labute approximate surface area is 191 Å². The molecule has 0 unspecified atom stereocenters. The van der Waals surface area contributed by atoms with Crippen molar-refractivity contribution in [2.24, 2.45) is 0 Å². The second-order valence-electron chi connectivity index (χ2n) is 8.73. The van der Waals surface area contributed by atoms with Gasteiger partial charge in [-0.15, -0.1) is 0 Å². The Morgan fingerprint density at radius 2 is 1.62 bits per heavy atom.